The number of carbonyl (C=O) groups excluding carboxylic acids is 2. The van der Waals surface area contributed by atoms with Crippen LogP contribution in [-0.4, -0.2) is 57.1 Å². The number of benzene rings is 3. The summed E-state index contributed by atoms with van der Waals surface area (Å²) in [6.07, 6.45) is 2.00. The first-order valence-corrected chi connectivity index (χ1v) is 15.7. The number of aryl methyl sites for hydroxylation is 1. The lowest BCUT2D eigenvalue weighted by Gasteiger charge is -2.34. The van der Waals surface area contributed by atoms with Crippen LogP contribution in [0.1, 0.15) is 37.0 Å². The van der Waals surface area contributed by atoms with Gasteiger partial charge in [0.05, 0.1) is 24.1 Å². The summed E-state index contributed by atoms with van der Waals surface area (Å²) in [6.45, 7) is 5.42. The van der Waals surface area contributed by atoms with E-state index < -0.39 is 28.5 Å². The fourth-order valence-corrected chi connectivity index (χ4v) is 5.48. The van der Waals surface area contributed by atoms with Gasteiger partial charge in [0.25, 0.3) is 0 Å². The number of amides is 2. The number of nitrogens with one attached hydrogen (secondary N) is 1. The summed E-state index contributed by atoms with van der Waals surface area (Å²) >= 11 is 6.30. The molecule has 1 N–H and O–H groups in total. The van der Waals surface area contributed by atoms with Gasteiger partial charge in [-0.25, -0.2) is 8.42 Å². The smallest absolute Gasteiger partial charge is 0.244 e. The Hall–Kier alpha value is -3.56. The lowest BCUT2D eigenvalue weighted by molar-refractivity contribution is -0.140. The van der Waals surface area contributed by atoms with Crippen molar-refractivity contribution in [3.05, 3.63) is 94.5 Å². The van der Waals surface area contributed by atoms with Crippen molar-refractivity contribution in [1.82, 2.24) is 10.2 Å². The summed E-state index contributed by atoms with van der Waals surface area (Å²) in [5.74, 6) is -0.449. The van der Waals surface area contributed by atoms with Crippen LogP contribution in [0.5, 0.6) is 5.75 Å². The molecule has 0 saturated heterocycles. The molecule has 2 amide bonds. The van der Waals surface area contributed by atoms with Gasteiger partial charge in [0.2, 0.25) is 21.8 Å². The number of anilines is 1. The number of ether oxygens (including phenoxy) is 1. The molecule has 220 valence electrons. The molecule has 2 atom stereocenters. The fraction of sp³-hybridized carbons (Fsp3) is 0.355. The third-order valence-electron chi connectivity index (χ3n) is 6.98. The Morgan fingerprint density at radius 2 is 1.68 bits per heavy atom. The van der Waals surface area contributed by atoms with Crippen molar-refractivity contribution in [2.24, 2.45) is 0 Å². The Morgan fingerprint density at radius 1 is 1.02 bits per heavy atom. The molecule has 0 radical (unpaired) electrons. The number of carbonyl (C=O) groups is 2. The number of hydrogen-bond donors (Lipinski definition) is 1. The van der Waals surface area contributed by atoms with Crippen molar-refractivity contribution in [1.29, 1.82) is 0 Å². The number of methoxy groups -OCH3 is 1. The molecule has 3 aromatic rings. The van der Waals surface area contributed by atoms with Crippen LogP contribution in [0, 0.1) is 6.92 Å². The van der Waals surface area contributed by atoms with Crippen molar-refractivity contribution >= 4 is 39.1 Å². The first-order chi connectivity index (χ1) is 19.4. The Morgan fingerprint density at radius 3 is 2.27 bits per heavy atom. The highest BCUT2D eigenvalue weighted by Gasteiger charge is 2.33. The number of sulfonamides is 1. The van der Waals surface area contributed by atoms with E-state index in [0.717, 1.165) is 33.7 Å². The molecular weight excluding hydrogens is 562 g/mol. The highest BCUT2D eigenvalue weighted by Crippen LogP contribution is 2.30. The third-order valence-corrected chi connectivity index (χ3v) is 8.41. The summed E-state index contributed by atoms with van der Waals surface area (Å²) in [5, 5.41) is 3.23. The molecule has 0 heterocycles. The van der Waals surface area contributed by atoms with E-state index in [-0.39, 0.29) is 35.6 Å². The van der Waals surface area contributed by atoms with Crippen LogP contribution in [0.15, 0.2) is 72.8 Å². The van der Waals surface area contributed by atoms with E-state index in [9.17, 15) is 18.0 Å². The molecule has 10 heteroatoms. The average molecular weight is 600 g/mol. The topological polar surface area (TPSA) is 96.0 Å². The molecule has 0 aromatic heterocycles. The SMILES string of the molecule is CC[C@@H](C)NC(=O)[C@@H](Cc1ccccc1)N(Cc1ccccc1C)C(=O)CN(c1ccc(OC)c(Cl)c1)S(C)(=O)=O. The lowest BCUT2D eigenvalue weighted by atomic mass is 10.0. The second-order valence-corrected chi connectivity index (χ2v) is 12.4. The van der Waals surface area contributed by atoms with Crippen LogP contribution in [0.25, 0.3) is 0 Å². The Balaban J connectivity index is 2.08. The highest BCUT2D eigenvalue weighted by molar-refractivity contribution is 7.92. The van der Waals surface area contributed by atoms with Gasteiger partial charge in [0.1, 0.15) is 18.3 Å². The largest absolute Gasteiger partial charge is 0.495 e. The van der Waals surface area contributed by atoms with Crippen molar-refractivity contribution in [3.63, 3.8) is 0 Å². The van der Waals surface area contributed by atoms with Crippen molar-refractivity contribution in [2.75, 3.05) is 24.2 Å². The van der Waals surface area contributed by atoms with Gasteiger partial charge in [-0.15, -0.1) is 0 Å². The first-order valence-electron chi connectivity index (χ1n) is 13.4. The molecular formula is C31H38ClN3O5S. The van der Waals surface area contributed by atoms with E-state index in [4.69, 9.17) is 16.3 Å². The van der Waals surface area contributed by atoms with Gasteiger partial charge in [-0.2, -0.15) is 0 Å². The zero-order valence-electron chi connectivity index (χ0n) is 24.1. The van der Waals surface area contributed by atoms with E-state index in [2.05, 4.69) is 5.32 Å². The van der Waals surface area contributed by atoms with Crippen LogP contribution in [0.2, 0.25) is 5.02 Å². The summed E-state index contributed by atoms with van der Waals surface area (Å²) in [6, 6.07) is 20.6. The van der Waals surface area contributed by atoms with E-state index in [1.807, 2.05) is 75.4 Å². The van der Waals surface area contributed by atoms with Crippen LogP contribution in [0.3, 0.4) is 0 Å². The molecule has 41 heavy (non-hydrogen) atoms. The molecule has 3 rings (SSSR count). The van der Waals surface area contributed by atoms with E-state index in [0.29, 0.717) is 5.75 Å². The van der Waals surface area contributed by atoms with Crippen LogP contribution in [-0.2, 0) is 32.6 Å². The second-order valence-electron chi connectivity index (χ2n) is 10.1. The maximum Gasteiger partial charge on any atom is 0.244 e. The van der Waals surface area contributed by atoms with Gasteiger partial charge in [-0.3, -0.25) is 13.9 Å². The predicted molar refractivity (Wildman–Crippen MR) is 164 cm³/mol. The Labute approximate surface area is 248 Å². The third kappa shape index (κ3) is 8.71. The predicted octanol–water partition coefficient (Wildman–Crippen LogP) is 4.98. The van der Waals surface area contributed by atoms with Gasteiger partial charge < -0.3 is 15.0 Å². The maximum atomic E-state index is 14.2. The highest BCUT2D eigenvalue weighted by atomic mass is 35.5. The van der Waals surface area contributed by atoms with Gasteiger partial charge in [0.15, 0.2) is 0 Å². The van der Waals surface area contributed by atoms with E-state index in [1.54, 1.807) is 6.07 Å². The van der Waals surface area contributed by atoms with E-state index in [1.165, 1.54) is 24.1 Å². The number of rotatable bonds is 13. The van der Waals surface area contributed by atoms with Crippen molar-refractivity contribution in [3.8, 4) is 5.75 Å². The normalized spacial score (nSPS) is 12.7. The number of nitrogens with zero attached hydrogens (tertiary/aromatic N) is 2. The van der Waals surface area contributed by atoms with Crippen molar-refractivity contribution in [2.45, 2.75) is 52.2 Å². The van der Waals surface area contributed by atoms with Gasteiger partial charge in [0, 0.05) is 19.0 Å². The molecule has 0 aliphatic rings. The minimum atomic E-state index is -3.91. The summed E-state index contributed by atoms with van der Waals surface area (Å²) in [5.41, 5.74) is 2.90. The van der Waals surface area contributed by atoms with Crippen LogP contribution < -0.4 is 14.4 Å². The molecule has 3 aromatic carbocycles. The Kier molecular flexibility index (Phi) is 11.2. The van der Waals surface area contributed by atoms with E-state index >= 15 is 0 Å². The second kappa shape index (κ2) is 14.4. The van der Waals surface area contributed by atoms with Crippen LogP contribution >= 0.6 is 11.6 Å². The zero-order valence-corrected chi connectivity index (χ0v) is 25.7. The molecule has 8 nitrogen and oxygen atoms in total. The summed E-state index contributed by atoms with van der Waals surface area (Å²) in [7, 11) is -2.45. The van der Waals surface area contributed by atoms with Gasteiger partial charge >= 0.3 is 0 Å². The standard InChI is InChI=1S/C31H38ClN3O5S/c1-6-23(3)33-31(37)28(18-24-13-8-7-9-14-24)34(20-25-15-11-10-12-22(25)2)30(36)21-35(41(5,38)39)26-16-17-29(40-4)27(32)19-26/h7-17,19,23,28H,6,18,20-21H2,1-5H3,(H,33,37)/t23-,28-/m1/s1. The van der Waals surface area contributed by atoms with Crippen LogP contribution in [0.4, 0.5) is 5.69 Å². The molecule has 0 saturated carbocycles. The minimum Gasteiger partial charge on any atom is -0.495 e. The van der Waals surface area contributed by atoms with Gasteiger partial charge in [-0.1, -0.05) is 73.1 Å². The monoisotopic (exact) mass is 599 g/mol. The molecule has 0 aliphatic heterocycles. The number of hydrogen-bond acceptors (Lipinski definition) is 5. The zero-order chi connectivity index (χ0) is 30.2. The molecule has 0 spiro atoms. The van der Waals surface area contributed by atoms with Gasteiger partial charge in [-0.05, 0) is 55.2 Å². The average Bonchev–Trinajstić information content (AvgIpc) is 2.94. The minimum absolute atomic E-state index is 0.106. The molecule has 0 fully saturated rings. The fourth-order valence-electron chi connectivity index (χ4n) is 4.39. The first kappa shape index (κ1) is 32.0. The molecule has 0 unspecified atom stereocenters. The quantitative estimate of drug-likeness (QED) is 0.299. The maximum absolute atomic E-state index is 14.2. The van der Waals surface area contributed by atoms with Crippen molar-refractivity contribution < 1.29 is 22.7 Å². The Bertz CT molecular complexity index is 1450. The summed E-state index contributed by atoms with van der Waals surface area (Å²) < 4.78 is 32.1. The molecule has 0 bridgehead atoms. The summed E-state index contributed by atoms with van der Waals surface area (Å²) in [4.78, 5) is 29.4. The molecule has 0 aliphatic carbocycles. The lowest BCUT2D eigenvalue weighted by Crippen LogP contribution is -2.54. The number of halogens is 1.